The van der Waals surface area contributed by atoms with Crippen LogP contribution >= 0.6 is 0 Å². The molecule has 37 heavy (non-hydrogen) atoms. The number of para-hydroxylation sites is 1. The van der Waals surface area contributed by atoms with E-state index in [4.69, 9.17) is 4.42 Å². The molecule has 2 aromatic heterocycles. The zero-order valence-corrected chi connectivity index (χ0v) is 20.0. The molecule has 172 valence electrons. The Kier molecular flexibility index (Phi) is 4.26. The maximum atomic E-state index is 6.29. The Labute approximate surface area is 214 Å². The highest BCUT2D eigenvalue weighted by Gasteiger charge is 2.22. The van der Waals surface area contributed by atoms with Gasteiger partial charge in [-0.25, -0.2) is 4.98 Å². The largest absolute Gasteiger partial charge is 0.437 e. The molecule has 5 aromatic carbocycles. The number of furan rings is 1. The molecular formula is C35H21NO. The maximum Gasteiger partial charge on any atom is 0.227 e. The van der Waals surface area contributed by atoms with E-state index in [1.54, 1.807) is 6.20 Å². The van der Waals surface area contributed by atoms with Gasteiger partial charge in [-0.15, -0.1) is 0 Å². The van der Waals surface area contributed by atoms with E-state index in [1.807, 2.05) is 6.07 Å². The highest BCUT2D eigenvalue weighted by atomic mass is 16.3. The first-order valence-electron chi connectivity index (χ1n) is 12.6. The fourth-order valence-electron chi connectivity index (χ4n) is 5.89. The second kappa shape index (κ2) is 7.78. The summed E-state index contributed by atoms with van der Waals surface area (Å²) in [5.41, 5.74) is 13.7. The summed E-state index contributed by atoms with van der Waals surface area (Å²) in [5.74, 6) is 0. The minimum atomic E-state index is 0.673. The molecule has 0 N–H and O–H groups in total. The van der Waals surface area contributed by atoms with Crippen LogP contribution in [-0.2, 0) is 0 Å². The number of fused-ring (bicyclic) bond motifs is 11. The molecule has 2 heterocycles. The van der Waals surface area contributed by atoms with Crippen LogP contribution in [0.15, 0.2) is 132 Å². The summed E-state index contributed by atoms with van der Waals surface area (Å²) in [5, 5.41) is 2.13. The lowest BCUT2D eigenvalue weighted by molar-refractivity contribution is 0.655. The van der Waals surface area contributed by atoms with Gasteiger partial charge in [0.1, 0.15) is 5.58 Å². The van der Waals surface area contributed by atoms with Gasteiger partial charge in [-0.2, -0.15) is 0 Å². The van der Waals surface area contributed by atoms with Crippen LogP contribution in [-0.4, -0.2) is 4.98 Å². The van der Waals surface area contributed by atoms with E-state index in [1.165, 1.54) is 44.5 Å². The van der Waals surface area contributed by atoms with Crippen LogP contribution in [0.2, 0.25) is 0 Å². The lowest BCUT2D eigenvalue weighted by Gasteiger charge is -2.23. The third kappa shape index (κ3) is 2.96. The normalized spacial score (nSPS) is 11.8. The molecule has 0 aliphatic heterocycles. The van der Waals surface area contributed by atoms with Crippen molar-refractivity contribution >= 4 is 22.1 Å². The van der Waals surface area contributed by atoms with Crippen LogP contribution in [0.1, 0.15) is 0 Å². The fraction of sp³-hybridized carbons (Fsp3) is 0. The number of pyridine rings is 1. The van der Waals surface area contributed by atoms with Gasteiger partial charge in [-0.1, -0.05) is 103 Å². The van der Waals surface area contributed by atoms with Gasteiger partial charge in [0.15, 0.2) is 0 Å². The van der Waals surface area contributed by atoms with Crippen molar-refractivity contribution in [1.82, 2.24) is 4.98 Å². The second-order valence-electron chi connectivity index (χ2n) is 9.54. The molecule has 0 radical (unpaired) electrons. The lowest BCUT2D eigenvalue weighted by atomic mass is 9.80. The molecule has 0 bridgehead atoms. The van der Waals surface area contributed by atoms with Gasteiger partial charge < -0.3 is 4.42 Å². The summed E-state index contributed by atoms with van der Waals surface area (Å²) in [6, 6.07) is 43.5. The Balaban J connectivity index is 1.45. The molecule has 8 rings (SSSR count). The van der Waals surface area contributed by atoms with Crippen molar-refractivity contribution in [3.05, 3.63) is 128 Å². The van der Waals surface area contributed by atoms with Crippen LogP contribution in [0.4, 0.5) is 0 Å². The first kappa shape index (κ1) is 20.3. The van der Waals surface area contributed by atoms with Crippen molar-refractivity contribution in [2.45, 2.75) is 0 Å². The number of hydrogen-bond donors (Lipinski definition) is 0. The minimum absolute atomic E-state index is 0.673. The summed E-state index contributed by atoms with van der Waals surface area (Å²) >= 11 is 0. The fourth-order valence-corrected chi connectivity index (χ4v) is 5.89. The van der Waals surface area contributed by atoms with E-state index in [0.29, 0.717) is 5.71 Å². The number of aromatic nitrogens is 1. The zero-order valence-electron chi connectivity index (χ0n) is 20.0. The van der Waals surface area contributed by atoms with Crippen LogP contribution in [0.3, 0.4) is 0 Å². The summed E-state index contributed by atoms with van der Waals surface area (Å²) in [6.45, 7) is 0. The van der Waals surface area contributed by atoms with Crippen LogP contribution in [0.5, 0.6) is 0 Å². The Morgan fingerprint density at radius 3 is 1.54 bits per heavy atom. The van der Waals surface area contributed by atoms with Gasteiger partial charge >= 0.3 is 0 Å². The van der Waals surface area contributed by atoms with Gasteiger partial charge in [-0.05, 0) is 68.3 Å². The molecule has 2 heteroatoms. The maximum absolute atomic E-state index is 6.29. The van der Waals surface area contributed by atoms with Crippen molar-refractivity contribution in [2.24, 2.45) is 0 Å². The molecule has 0 saturated carbocycles. The molecule has 0 unspecified atom stereocenters. The average molecular weight is 472 g/mol. The number of nitrogens with zero attached hydrogens (tertiary/aromatic N) is 1. The SMILES string of the molecule is c1ccc2c(c1)-c1ccccc1-c1ccc(-c3cccc4c3oc3ncccc34)cc1-c1ccccc1-2. The summed E-state index contributed by atoms with van der Waals surface area (Å²) < 4.78 is 6.29. The number of rotatable bonds is 1. The highest BCUT2D eigenvalue weighted by molar-refractivity contribution is 6.09. The Bertz CT molecular complexity index is 1990. The predicted octanol–water partition coefficient (Wildman–Crippen LogP) is 9.63. The van der Waals surface area contributed by atoms with Gasteiger partial charge in [0.25, 0.3) is 0 Å². The van der Waals surface area contributed by atoms with Crippen molar-refractivity contribution in [3.8, 4) is 55.6 Å². The molecule has 1 aliphatic carbocycles. The van der Waals surface area contributed by atoms with Crippen molar-refractivity contribution in [3.63, 3.8) is 0 Å². The van der Waals surface area contributed by atoms with E-state index in [0.717, 1.165) is 27.5 Å². The van der Waals surface area contributed by atoms with Gasteiger partial charge in [0.2, 0.25) is 5.71 Å². The molecule has 7 aromatic rings. The Morgan fingerprint density at radius 1 is 0.405 bits per heavy atom. The van der Waals surface area contributed by atoms with E-state index in [-0.39, 0.29) is 0 Å². The average Bonchev–Trinajstić information content (AvgIpc) is 3.35. The lowest BCUT2D eigenvalue weighted by Crippen LogP contribution is -1.97. The highest BCUT2D eigenvalue weighted by Crippen LogP contribution is 2.48. The van der Waals surface area contributed by atoms with Crippen molar-refractivity contribution < 1.29 is 4.42 Å². The molecule has 2 nitrogen and oxygen atoms in total. The quantitative estimate of drug-likeness (QED) is 0.238. The van der Waals surface area contributed by atoms with Crippen LogP contribution in [0.25, 0.3) is 77.7 Å². The summed E-state index contributed by atoms with van der Waals surface area (Å²) in [6.07, 6.45) is 1.78. The smallest absolute Gasteiger partial charge is 0.227 e. The molecule has 1 aliphatic rings. The standard InChI is InChI=1S/C35H21NO/c1-2-10-25-24(9-1)26-11-3-4-13-28(26)30-19-18-22(21-33(30)29-14-6-5-12-27(25)29)23-15-7-16-31-32-17-8-20-36-35(32)37-34(23)31/h1-21H. The molecule has 0 atom stereocenters. The second-order valence-corrected chi connectivity index (χ2v) is 9.54. The van der Waals surface area contributed by atoms with Gasteiger partial charge in [0.05, 0.1) is 0 Å². The van der Waals surface area contributed by atoms with Gasteiger partial charge in [-0.3, -0.25) is 0 Å². The first-order valence-corrected chi connectivity index (χ1v) is 12.6. The van der Waals surface area contributed by atoms with E-state index < -0.39 is 0 Å². The monoisotopic (exact) mass is 471 g/mol. The van der Waals surface area contributed by atoms with E-state index in [9.17, 15) is 0 Å². The third-order valence-corrected chi connectivity index (χ3v) is 7.55. The first-order chi connectivity index (χ1) is 18.4. The molecular weight excluding hydrogens is 450 g/mol. The zero-order chi connectivity index (χ0) is 24.3. The van der Waals surface area contributed by atoms with Gasteiger partial charge in [0, 0.05) is 22.5 Å². The molecule has 0 saturated heterocycles. The third-order valence-electron chi connectivity index (χ3n) is 7.55. The molecule has 0 spiro atoms. The number of hydrogen-bond acceptors (Lipinski definition) is 2. The van der Waals surface area contributed by atoms with Crippen molar-refractivity contribution in [1.29, 1.82) is 0 Å². The van der Waals surface area contributed by atoms with Crippen molar-refractivity contribution in [2.75, 3.05) is 0 Å². The Hall–Kier alpha value is -4.95. The van der Waals surface area contributed by atoms with Crippen LogP contribution in [0, 0.1) is 0 Å². The Morgan fingerprint density at radius 2 is 0.919 bits per heavy atom. The topological polar surface area (TPSA) is 26.0 Å². The van der Waals surface area contributed by atoms with E-state index >= 15 is 0 Å². The summed E-state index contributed by atoms with van der Waals surface area (Å²) in [7, 11) is 0. The molecule has 0 fully saturated rings. The van der Waals surface area contributed by atoms with Crippen LogP contribution < -0.4 is 0 Å². The number of benzene rings is 5. The molecule has 0 amide bonds. The summed E-state index contributed by atoms with van der Waals surface area (Å²) in [4.78, 5) is 4.46. The van der Waals surface area contributed by atoms with E-state index in [2.05, 4.69) is 120 Å². The minimum Gasteiger partial charge on any atom is -0.437 e. The predicted molar refractivity (Wildman–Crippen MR) is 152 cm³/mol.